The molecule has 1 unspecified atom stereocenters. The Bertz CT molecular complexity index is 1360. The molecule has 0 fully saturated rings. The van der Waals surface area contributed by atoms with Crippen molar-refractivity contribution in [3.63, 3.8) is 0 Å². The minimum Gasteiger partial charge on any atom is -0.447 e. The van der Waals surface area contributed by atoms with Crippen molar-refractivity contribution >= 4 is 46.2 Å². The first-order valence-corrected chi connectivity index (χ1v) is 11.1. The van der Waals surface area contributed by atoms with Crippen molar-refractivity contribution in [2.75, 3.05) is 5.32 Å². The highest BCUT2D eigenvalue weighted by Crippen LogP contribution is 2.28. The molecule has 0 aliphatic carbocycles. The third-order valence-corrected chi connectivity index (χ3v) is 5.80. The minimum absolute atomic E-state index is 0.0234. The summed E-state index contributed by atoms with van der Waals surface area (Å²) in [5.74, 6) is -1.40. The van der Waals surface area contributed by atoms with Gasteiger partial charge in [0.1, 0.15) is 0 Å². The SMILES string of the molecule is CC(OC(=O)c1nc(-c2cccs2)n(-c2ccccc2)n1)C(=O)Nc1cc([N+](=O)[O-])ccc1Cl. The van der Waals surface area contributed by atoms with Gasteiger partial charge in [-0.25, -0.2) is 9.48 Å². The fraction of sp³-hybridized carbons (Fsp3) is 0.0909. The Balaban J connectivity index is 1.53. The van der Waals surface area contributed by atoms with Crippen molar-refractivity contribution in [1.29, 1.82) is 0 Å². The van der Waals surface area contributed by atoms with Gasteiger partial charge in [0.2, 0.25) is 0 Å². The van der Waals surface area contributed by atoms with E-state index in [1.165, 1.54) is 35.1 Å². The van der Waals surface area contributed by atoms with E-state index in [2.05, 4.69) is 15.4 Å². The molecular formula is C22H16ClN5O5S. The van der Waals surface area contributed by atoms with Gasteiger partial charge in [-0.2, -0.15) is 4.98 Å². The molecule has 0 radical (unpaired) electrons. The number of hydrogen-bond donors (Lipinski definition) is 1. The van der Waals surface area contributed by atoms with Gasteiger partial charge in [0.15, 0.2) is 11.9 Å². The van der Waals surface area contributed by atoms with Crippen molar-refractivity contribution in [2.24, 2.45) is 0 Å². The molecule has 0 aliphatic heterocycles. The summed E-state index contributed by atoms with van der Waals surface area (Å²) in [6.45, 7) is 1.35. The largest absolute Gasteiger partial charge is 0.447 e. The Kier molecular flexibility index (Phi) is 6.66. The molecule has 0 saturated carbocycles. The molecule has 4 aromatic rings. The van der Waals surface area contributed by atoms with E-state index in [1.54, 1.807) is 0 Å². The van der Waals surface area contributed by atoms with Crippen LogP contribution in [0.3, 0.4) is 0 Å². The molecule has 2 aromatic heterocycles. The number of non-ortho nitro benzene ring substituents is 1. The van der Waals surface area contributed by atoms with Crippen LogP contribution in [0.1, 0.15) is 17.5 Å². The van der Waals surface area contributed by atoms with Crippen LogP contribution in [0.15, 0.2) is 66.0 Å². The van der Waals surface area contributed by atoms with Crippen LogP contribution in [-0.4, -0.2) is 37.7 Å². The first kappa shape index (κ1) is 23.1. The second-order valence-electron chi connectivity index (χ2n) is 6.94. The van der Waals surface area contributed by atoms with E-state index in [1.807, 2.05) is 47.8 Å². The lowest BCUT2D eigenvalue weighted by molar-refractivity contribution is -0.384. The number of anilines is 1. The van der Waals surface area contributed by atoms with E-state index in [0.29, 0.717) is 11.5 Å². The number of rotatable bonds is 7. The van der Waals surface area contributed by atoms with Gasteiger partial charge >= 0.3 is 5.97 Å². The van der Waals surface area contributed by atoms with Gasteiger partial charge < -0.3 is 10.1 Å². The summed E-state index contributed by atoms with van der Waals surface area (Å²) >= 11 is 7.45. The topological polar surface area (TPSA) is 129 Å². The summed E-state index contributed by atoms with van der Waals surface area (Å²) in [4.78, 5) is 40.7. The van der Waals surface area contributed by atoms with Gasteiger partial charge in [0.05, 0.1) is 26.2 Å². The zero-order chi connectivity index (χ0) is 24.2. The van der Waals surface area contributed by atoms with Gasteiger partial charge in [-0.15, -0.1) is 16.4 Å². The van der Waals surface area contributed by atoms with Gasteiger partial charge in [-0.3, -0.25) is 14.9 Å². The number of amides is 1. The molecule has 2 heterocycles. The van der Waals surface area contributed by atoms with Crippen LogP contribution in [0.25, 0.3) is 16.4 Å². The number of ether oxygens (including phenoxy) is 1. The Hall–Kier alpha value is -4.09. The number of esters is 1. The maximum Gasteiger partial charge on any atom is 0.379 e. The highest BCUT2D eigenvalue weighted by molar-refractivity contribution is 7.13. The van der Waals surface area contributed by atoms with Crippen LogP contribution >= 0.6 is 22.9 Å². The van der Waals surface area contributed by atoms with E-state index in [-0.39, 0.29) is 22.2 Å². The molecule has 12 heteroatoms. The van der Waals surface area contributed by atoms with E-state index in [9.17, 15) is 19.7 Å². The van der Waals surface area contributed by atoms with Crippen LogP contribution in [0.4, 0.5) is 11.4 Å². The number of halogens is 1. The lowest BCUT2D eigenvalue weighted by Gasteiger charge is -2.13. The lowest BCUT2D eigenvalue weighted by Crippen LogP contribution is -2.30. The third kappa shape index (κ3) is 4.95. The number of nitro benzene ring substituents is 1. The third-order valence-electron chi connectivity index (χ3n) is 4.60. The molecule has 10 nitrogen and oxygen atoms in total. The summed E-state index contributed by atoms with van der Waals surface area (Å²) in [7, 11) is 0. The molecule has 172 valence electrons. The zero-order valence-electron chi connectivity index (χ0n) is 17.5. The summed E-state index contributed by atoms with van der Waals surface area (Å²) in [5, 5.41) is 19.7. The fourth-order valence-electron chi connectivity index (χ4n) is 2.94. The molecule has 0 aliphatic rings. The van der Waals surface area contributed by atoms with Gasteiger partial charge in [-0.1, -0.05) is 35.9 Å². The average molecular weight is 498 g/mol. The summed E-state index contributed by atoms with van der Waals surface area (Å²) < 4.78 is 6.77. The number of aromatic nitrogens is 3. The standard InChI is InChI=1S/C22H16ClN5O5S/c1-13(21(29)24-17-12-15(28(31)32)9-10-16(17)23)33-22(30)19-25-20(18-8-5-11-34-18)27(26-19)14-6-3-2-4-7-14/h2-13H,1H3,(H,24,29). The van der Waals surface area contributed by atoms with Gasteiger partial charge in [0, 0.05) is 12.1 Å². The van der Waals surface area contributed by atoms with Crippen molar-refractivity contribution < 1.29 is 19.2 Å². The molecule has 0 spiro atoms. The van der Waals surface area contributed by atoms with Crippen molar-refractivity contribution in [1.82, 2.24) is 14.8 Å². The molecular weight excluding hydrogens is 482 g/mol. The monoisotopic (exact) mass is 497 g/mol. The quantitative estimate of drug-likeness (QED) is 0.222. The summed E-state index contributed by atoms with van der Waals surface area (Å²) in [6.07, 6.45) is -1.25. The van der Waals surface area contributed by atoms with Crippen LogP contribution in [0, 0.1) is 10.1 Å². The number of benzene rings is 2. The number of nitro groups is 1. The number of nitrogens with one attached hydrogen (secondary N) is 1. The normalized spacial score (nSPS) is 11.6. The highest BCUT2D eigenvalue weighted by Gasteiger charge is 2.25. The smallest absolute Gasteiger partial charge is 0.379 e. The number of carbonyl (C=O) groups excluding carboxylic acids is 2. The van der Waals surface area contributed by atoms with Crippen LogP contribution in [-0.2, 0) is 9.53 Å². The molecule has 1 amide bonds. The maximum atomic E-state index is 12.7. The highest BCUT2D eigenvalue weighted by atomic mass is 35.5. The second kappa shape index (κ2) is 9.81. The van der Waals surface area contributed by atoms with E-state index < -0.39 is 22.9 Å². The molecule has 34 heavy (non-hydrogen) atoms. The summed E-state index contributed by atoms with van der Waals surface area (Å²) in [5.41, 5.74) is 0.472. The van der Waals surface area contributed by atoms with Crippen LogP contribution in [0.5, 0.6) is 0 Å². The molecule has 0 bridgehead atoms. The Labute approximate surface area is 201 Å². The molecule has 1 atom stereocenters. The van der Waals surface area contributed by atoms with Gasteiger partial charge in [-0.05, 0) is 36.6 Å². The lowest BCUT2D eigenvalue weighted by atomic mass is 10.2. The van der Waals surface area contributed by atoms with Crippen molar-refractivity contribution in [2.45, 2.75) is 13.0 Å². The second-order valence-corrected chi connectivity index (χ2v) is 8.30. The van der Waals surface area contributed by atoms with Crippen molar-refractivity contribution in [3.05, 3.63) is 87.0 Å². The average Bonchev–Trinajstić information content (AvgIpc) is 3.51. The zero-order valence-corrected chi connectivity index (χ0v) is 19.1. The molecule has 2 aromatic carbocycles. The van der Waals surface area contributed by atoms with E-state index >= 15 is 0 Å². The first-order chi connectivity index (χ1) is 16.3. The number of thiophene rings is 1. The maximum absolute atomic E-state index is 12.7. The predicted molar refractivity (Wildman–Crippen MR) is 126 cm³/mol. The minimum atomic E-state index is -1.25. The Morgan fingerprint density at radius 3 is 2.62 bits per heavy atom. The van der Waals surface area contributed by atoms with Gasteiger partial charge in [0.25, 0.3) is 17.4 Å². The fourth-order valence-corrected chi connectivity index (χ4v) is 3.80. The van der Waals surface area contributed by atoms with E-state index in [4.69, 9.17) is 16.3 Å². The van der Waals surface area contributed by atoms with Crippen molar-refractivity contribution in [3.8, 4) is 16.4 Å². The van der Waals surface area contributed by atoms with Crippen LogP contribution < -0.4 is 5.32 Å². The molecule has 0 saturated heterocycles. The summed E-state index contributed by atoms with van der Waals surface area (Å²) in [6, 6.07) is 16.5. The number of hydrogen-bond acceptors (Lipinski definition) is 8. The number of para-hydroxylation sites is 1. The first-order valence-electron chi connectivity index (χ1n) is 9.85. The molecule has 4 rings (SSSR count). The Morgan fingerprint density at radius 1 is 1.18 bits per heavy atom. The molecule has 1 N–H and O–H groups in total. The van der Waals surface area contributed by atoms with E-state index in [0.717, 1.165) is 10.9 Å². The van der Waals surface area contributed by atoms with Crippen LogP contribution in [0.2, 0.25) is 5.02 Å². The predicted octanol–water partition coefficient (Wildman–Crippen LogP) is 4.74. The Morgan fingerprint density at radius 2 is 1.94 bits per heavy atom. The number of carbonyl (C=O) groups is 2. The number of nitrogens with zero attached hydrogens (tertiary/aromatic N) is 4.